The maximum Gasteiger partial charge on any atom is 0.335 e. The van der Waals surface area contributed by atoms with Crippen LogP contribution in [0.1, 0.15) is 23.2 Å². The Kier molecular flexibility index (Phi) is 6.77. The van der Waals surface area contributed by atoms with Gasteiger partial charge >= 0.3 is 5.97 Å². The monoisotopic (exact) mass is 454 g/mol. The van der Waals surface area contributed by atoms with Gasteiger partial charge in [-0.05, 0) is 24.6 Å². The zero-order chi connectivity index (χ0) is 24.1. The first kappa shape index (κ1) is 23.1. The number of carboxylic acids is 1. The number of anilines is 2. The molecule has 1 atom stereocenters. The van der Waals surface area contributed by atoms with E-state index in [2.05, 4.69) is 10.6 Å². The molecule has 2 aliphatic heterocycles. The van der Waals surface area contributed by atoms with E-state index in [0.29, 0.717) is 6.41 Å². The van der Waals surface area contributed by atoms with Crippen LogP contribution in [0.3, 0.4) is 0 Å². The molecule has 0 fully saturated rings. The number of rotatable bonds is 10. The third-order valence-corrected chi connectivity index (χ3v) is 4.90. The molecule has 0 radical (unpaired) electrons. The highest BCUT2D eigenvalue weighted by atomic mass is 16.4. The first-order chi connectivity index (χ1) is 15.7. The van der Waals surface area contributed by atoms with Crippen LogP contribution in [0.15, 0.2) is 42.5 Å². The smallest absolute Gasteiger partial charge is 0.335 e. The number of hydrogen-bond donors (Lipinski definition) is 3. The van der Waals surface area contributed by atoms with Gasteiger partial charge in [0.05, 0.1) is 18.2 Å². The molecule has 0 aliphatic carbocycles. The molecule has 1 aromatic carbocycles. The van der Waals surface area contributed by atoms with Crippen molar-refractivity contribution in [2.75, 3.05) is 17.2 Å². The molecule has 0 bridgehead atoms. The molecule has 3 N–H and O–H groups in total. The van der Waals surface area contributed by atoms with Crippen LogP contribution in [0.25, 0.3) is 0 Å². The van der Waals surface area contributed by atoms with Crippen LogP contribution in [-0.4, -0.2) is 69.4 Å². The lowest BCUT2D eigenvalue weighted by Gasteiger charge is -2.29. The molecule has 12 nitrogen and oxygen atoms in total. The van der Waals surface area contributed by atoms with Crippen LogP contribution in [0, 0.1) is 0 Å². The van der Waals surface area contributed by atoms with Crippen molar-refractivity contribution in [3.63, 3.8) is 0 Å². The number of carboxylic acid groups (broad SMARTS) is 1. The van der Waals surface area contributed by atoms with Gasteiger partial charge in [-0.15, -0.1) is 0 Å². The largest absolute Gasteiger partial charge is 0.478 e. The highest BCUT2D eigenvalue weighted by Crippen LogP contribution is 2.21. The summed E-state index contributed by atoms with van der Waals surface area (Å²) in [6.45, 7) is -0.279. The SMILES string of the molecule is O=CNc1cc(NC(=O)CCC(CN2C(=O)C=CC2=O)N2C(=O)C=CC2=O)cc(C(=O)O)c1. The summed E-state index contributed by atoms with van der Waals surface area (Å²) in [5, 5.41) is 14.0. The van der Waals surface area contributed by atoms with Crippen molar-refractivity contribution in [2.45, 2.75) is 18.9 Å². The minimum Gasteiger partial charge on any atom is -0.478 e. The van der Waals surface area contributed by atoms with Crippen LogP contribution < -0.4 is 10.6 Å². The Bertz CT molecular complexity index is 1090. The fourth-order valence-electron chi connectivity index (χ4n) is 3.39. The summed E-state index contributed by atoms with van der Waals surface area (Å²) >= 11 is 0. The molecule has 0 aromatic heterocycles. The predicted molar refractivity (Wildman–Crippen MR) is 112 cm³/mol. The van der Waals surface area contributed by atoms with E-state index in [0.717, 1.165) is 34.1 Å². The van der Waals surface area contributed by atoms with Crippen molar-refractivity contribution >= 4 is 53.3 Å². The van der Waals surface area contributed by atoms with Crippen molar-refractivity contribution in [3.8, 4) is 0 Å². The number of carbonyl (C=O) groups excluding carboxylic acids is 6. The normalized spacial score (nSPS) is 15.9. The van der Waals surface area contributed by atoms with Gasteiger partial charge in [0.2, 0.25) is 12.3 Å². The van der Waals surface area contributed by atoms with Crippen molar-refractivity contribution < 1.29 is 38.7 Å². The number of aromatic carboxylic acids is 1. The van der Waals surface area contributed by atoms with E-state index in [-0.39, 0.29) is 36.3 Å². The van der Waals surface area contributed by atoms with Gasteiger partial charge in [-0.3, -0.25) is 38.6 Å². The molecule has 170 valence electrons. The number of carbonyl (C=O) groups is 7. The van der Waals surface area contributed by atoms with E-state index in [9.17, 15) is 38.7 Å². The van der Waals surface area contributed by atoms with Gasteiger partial charge in [-0.1, -0.05) is 0 Å². The Balaban J connectivity index is 1.72. The standard InChI is InChI=1S/C21H18N4O8/c26-11-22-13-7-12(21(32)33)8-14(9-13)23-16(27)2-1-15(25-19(30)5-6-20(25)31)10-24-17(28)3-4-18(24)29/h3-9,11,15H,1-2,10H2,(H,22,26)(H,23,27)(H,32,33). The van der Waals surface area contributed by atoms with E-state index in [4.69, 9.17) is 0 Å². The average molecular weight is 454 g/mol. The zero-order valence-electron chi connectivity index (χ0n) is 17.0. The van der Waals surface area contributed by atoms with Crippen LogP contribution >= 0.6 is 0 Å². The van der Waals surface area contributed by atoms with E-state index >= 15 is 0 Å². The van der Waals surface area contributed by atoms with Gasteiger partial charge in [0.25, 0.3) is 23.6 Å². The predicted octanol–water partition coefficient (Wildman–Crippen LogP) is -0.110. The molecule has 1 unspecified atom stereocenters. The van der Waals surface area contributed by atoms with E-state index in [1.54, 1.807) is 0 Å². The highest BCUT2D eigenvalue weighted by Gasteiger charge is 2.35. The maximum absolute atomic E-state index is 12.5. The third kappa shape index (κ3) is 5.36. The summed E-state index contributed by atoms with van der Waals surface area (Å²) in [7, 11) is 0. The van der Waals surface area contributed by atoms with Crippen LogP contribution in [-0.2, 0) is 28.8 Å². The molecule has 6 amide bonds. The number of imide groups is 2. The number of hydrogen-bond acceptors (Lipinski definition) is 7. The zero-order valence-corrected chi connectivity index (χ0v) is 17.0. The van der Waals surface area contributed by atoms with Gasteiger partial charge in [-0.25, -0.2) is 4.79 Å². The van der Waals surface area contributed by atoms with Crippen molar-refractivity contribution in [1.29, 1.82) is 0 Å². The Labute approximate surface area is 186 Å². The highest BCUT2D eigenvalue weighted by molar-refractivity contribution is 6.14. The minimum atomic E-state index is -1.27. The van der Waals surface area contributed by atoms with Gasteiger partial charge in [0.1, 0.15) is 0 Å². The summed E-state index contributed by atoms with van der Waals surface area (Å²) < 4.78 is 0. The van der Waals surface area contributed by atoms with E-state index in [1.165, 1.54) is 18.2 Å². The van der Waals surface area contributed by atoms with Crippen LogP contribution in [0.2, 0.25) is 0 Å². The Morgan fingerprint density at radius 3 is 2.06 bits per heavy atom. The average Bonchev–Trinajstić information content (AvgIpc) is 3.26. The molecule has 12 heteroatoms. The fraction of sp³-hybridized carbons (Fsp3) is 0.190. The van der Waals surface area contributed by atoms with E-state index in [1.807, 2.05) is 0 Å². The second kappa shape index (κ2) is 9.68. The van der Waals surface area contributed by atoms with Crippen molar-refractivity contribution in [3.05, 3.63) is 48.1 Å². The summed E-state index contributed by atoms with van der Waals surface area (Å²) in [6, 6.07) is 2.80. The van der Waals surface area contributed by atoms with Crippen molar-refractivity contribution in [2.24, 2.45) is 0 Å². The lowest BCUT2D eigenvalue weighted by atomic mass is 10.1. The topological polar surface area (TPSA) is 170 Å². The Morgan fingerprint density at radius 1 is 0.909 bits per heavy atom. The van der Waals surface area contributed by atoms with Gasteiger partial charge in [0, 0.05) is 42.1 Å². The summed E-state index contributed by atoms with van der Waals surface area (Å²) in [6.07, 6.45) is 4.31. The molecule has 0 saturated heterocycles. The van der Waals surface area contributed by atoms with E-state index < -0.39 is 41.5 Å². The van der Waals surface area contributed by atoms with Gasteiger partial charge < -0.3 is 15.7 Å². The minimum absolute atomic E-state index is 0.0693. The van der Waals surface area contributed by atoms with Crippen LogP contribution in [0.5, 0.6) is 0 Å². The molecule has 0 spiro atoms. The molecule has 33 heavy (non-hydrogen) atoms. The third-order valence-electron chi connectivity index (χ3n) is 4.90. The number of benzene rings is 1. The molecule has 1 aromatic rings. The molecule has 3 rings (SSSR count). The number of nitrogens with one attached hydrogen (secondary N) is 2. The summed E-state index contributed by atoms with van der Waals surface area (Å²) in [5.41, 5.74) is 0.0776. The Hall–Kier alpha value is -4.61. The second-order valence-corrected chi connectivity index (χ2v) is 7.11. The maximum atomic E-state index is 12.5. The molecular formula is C21H18N4O8. The van der Waals surface area contributed by atoms with Gasteiger partial charge in [-0.2, -0.15) is 0 Å². The lowest BCUT2D eigenvalue weighted by Crippen LogP contribution is -2.48. The number of nitrogens with zero attached hydrogens (tertiary/aromatic N) is 2. The summed E-state index contributed by atoms with van der Waals surface area (Å²) in [4.78, 5) is 84.2. The molecule has 0 saturated carbocycles. The quantitative estimate of drug-likeness (QED) is 0.325. The first-order valence-corrected chi connectivity index (χ1v) is 9.67. The molecule has 2 aliphatic rings. The summed E-state index contributed by atoms with van der Waals surface area (Å²) in [5.74, 6) is -4.30. The number of amides is 6. The molecular weight excluding hydrogens is 436 g/mol. The Morgan fingerprint density at radius 2 is 1.48 bits per heavy atom. The first-order valence-electron chi connectivity index (χ1n) is 9.67. The lowest BCUT2D eigenvalue weighted by molar-refractivity contribution is -0.145. The molecule has 2 heterocycles. The second-order valence-electron chi connectivity index (χ2n) is 7.11. The fourth-order valence-corrected chi connectivity index (χ4v) is 3.39. The van der Waals surface area contributed by atoms with Crippen LogP contribution in [0.4, 0.5) is 11.4 Å². The van der Waals surface area contributed by atoms with Crippen molar-refractivity contribution in [1.82, 2.24) is 9.80 Å². The van der Waals surface area contributed by atoms with Gasteiger partial charge in [0.15, 0.2) is 0 Å².